The van der Waals surface area contributed by atoms with Gasteiger partial charge in [-0.05, 0) is 61.3 Å². The largest absolute Gasteiger partial charge is 0.339 e. The van der Waals surface area contributed by atoms with Crippen molar-refractivity contribution in [3.05, 3.63) is 58.9 Å². The molecule has 0 saturated heterocycles. The van der Waals surface area contributed by atoms with Crippen molar-refractivity contribution in [1.29, 1.82) is 0 Å². The Morgan fingerprint density at radius 3 is 2.66 bits per heavy atom. The van der Waals surface area contributed by atoms with Crippen LogP contribution in [0.5, 0.6) is 0 Å². The summed E-state index contributed by atoms with van der Waals surface area (Å²) in [4.78, 5) is 19.5. The molecule has 1 aromatic heterocycles. The molecule has 0 unspecified atom stereocenters. The summed E-state index contributed by atoms with van der Waals surface area (Å²) in [7, 11) is 0. The van der Waals surface area contributed by atoms with Gasteiger partial charge in [-0.25, -0.2) is 4.39 Å². The van der Waals surface area contributed by atoms with Crippen LogP contribution < -0.4 is 4.90 Å². The first-order chi connectivity index (χ1) is 15.3. The predicted octanol–water partition coefficient (Wildman–Crippen LogP) is 7.22. The molecule has 0 N–H and O–H groups in total. The van der Waals surface area contributed by atoms with E-state index in [2.05, 4.69) is 53.4 Å². The van der Waals surface area contributed by atoms with Crippen molar-refractivity contribution in [3.63, 3.8) is 0 Å². The van der Waals surface area contributed by atoms with E-state index in [0.29, 0.717) is 12.3 Å². The second kappa shape index (κ2) is 10.6. The van der Waals surface area contributed by atoms with Crippen molar-refractivity contribution < 1.29 is 13.7 Å². The molecule has 3 aliphatic carbocycles. The molecule has 5 nitrogen and oxygen atoms in total. The van der Waals surface area contributed by atoms with Gasteiger partial charge in [-0.1, -0.05) is 60.1 Å². The Bertz CT molecular complexity index is 991. The molecule has 5 rings (SSSR count). The molecule has 3 aliphatic rings. The SMILES string of the molecule is C=CF.CCCC(=O)N(CC12CCC(c3noc(C(C)C)n3)=C(C1)C2)c1cccc(Br)c1. The maximum atomic E-state index is 12.9. The van der Waals surface area contributed by atoms with Crippen LogP contribution in [0.15, 0.2) is 51.7 Å². The molecule has 1 heterocycles. The van der Waals surface area contributed by atoms with E-state index in [1.807, 2.05) is 29.2 Å². The minimum atomic E-state index is 0.176. The van der Waals surface area contributed by atoms with Crippen LogP contribution in [0.25, 0.3) is 5.57 Å². The summed E-state index contributed by atoms with van der Waals surface area (Å²) < 4.78 is 16.5. The van der Waals surface area contributed by atoms with Crippen LogP contribution in [0.4, 0.5) is 10.1 Å². The molecule has 1 amide bonds. The molecule has 7 heteroatoms. The molecule has 2 bridgehead atoms. The fourth-order valence-corrected chi connectivity index (χ4v) is 4.90. The fraction of sp³-hybridized carbons (Fsp3) is 0.480. The van der Waals surface area contributed by atoms with E-state index in [0.717, 1.165) is 54.6 Å². The standard InChI is InChI=1S/C23H28BrN3O2.C2H3F/c1-4-6-20(28)27(18-8-5-7-17(24)11-18)14-23-10-9-19(16(12-23)13-23)21-25-22(15(2)3)29-26-21;1-2-3/h5,7-8,11,15H,4,6,9-10,12-14H2,1-3H3;2H,1H2. The molecule has 2 aromatic rings. The van der Waals surface area contributed by atoms with Crippen LogP contribution in [-0.2, 0) is 4.79 Å². The van der Waals surface area contributed by atoms with E-state index in [1.165, 1.54) is 11.1 Å². The highest BCUT2D eigenvalue weighted by atomic mass is 79.9. The van der Waals surface area contributed by atoms with Crippen LogP contribution in [0.2, 0.25) is 0 Å². The lowest BCUT2D eigenvalue weighted by Crippen LogP contribution is -2.48. The van der Waals surface area contributed by atoms with Crippen LogP contribution in [0.1, 0.15) is 76.9 Å². The van der Waals surface area contributed by atoms with E-state index < -0.39 is 0 Å². The van der Waals surface area contributed by atoms with Gasteiger partial charge in [-0.3, -0.25) is 4.79 Å². The number of amides is 1. The molecule has 0 atom stereocenters. The van der Waals surface area contributed by atoms with Gasteiger partial charge in [0, 0.05) is 29.0 Å². The number of anilines is 1. The lowest BCUT2D eigenvalue weighted by Gasteiger charge is -2.51. The first-order valence-corrected chi connectivity index (χ1v) is 11.9. The maximum absolute atomic E-state index is 12.9. The smallest absolute Gasteiger partial charge is 0.229 e. The summed E-state index contributed by atoms with van der Waals surface area (Å²) in [5.41, 5.74) is 3.85. The minimum Gasteiger partial charge on any atom is -0.339 e. The second-order valence-corrected chi connectivity index (χ2v) is 9.83. The molecule has 1 aromatic carbocycles. The first kappa shape index (κ1) is 24.4. The van der Waals surface area contributed by atoms with Gasteiger partial charge in [-0.2, -0.15) is 4.98 Å². The van der Waals surface area contributed by atoms with Crippen molar-refractivity contribution in [3.8, 4) is 0 Å². The number of hydrogen-bond donors (Lipinski definition) is 0. The molecule has 32 heavy (non-hydrogen) atoms. The normalized spacial score (nSPS) is 16.2. The van der Waals surface area contributed by atoms with Crippen molar-refractivity contribution in [2.75, 3.05) is 11.4 Å². The zero-order valence-electron chi connectivity index (χ0n) is 19.0. The lowest BCUT2D eigenvalue weighted by atomic mass is 9.57. The van der Waals surface area contributed by atoms with Crippen LogP contribution in [-0.4, -0.2) is 22.6 Å². The summed E-state index contributed by atoms with van der Waals surface area (Å²) in [6.45, 7) is 9.66. The number of halogens is 2. The Morgan fingerprint density at radius 1 is 1.41 bits per heavy atom. The van der Waals surface area contributed by atoms with Gasteiger partial charge in [0.05, 0.1) is 6.33 Å². The van der Waals surface area contributed by atoms with Gasteiger partial charge >= 0.3 is 0 Å². The van der Waals surface area contributed by atoms with Crippen molar-refractivity contribution in [2.45, 2.75) is 65.2 Å². The quantitative estimate of drug-likeness (QED) is 0.400. The summed E-state index contributed by atoms with van der Waals surface area (Å²) in [6, 6.07) is 8.07. The monoisotopic (exact) mass is 503 g/mol. The van der Waals surface area contributed by atoms with E-state index >= 15 is 0 Å². The van der Waals surface area contributed by atoms with Crippen LogP contribution in [0, 0.1) is 5.41 Å². The average molecular weight is 504 g/mol. The number of rotatable bonds is 7. The highest BCUT2D eigenvalue weighted by Gasteiger charge is 2.47. The molecule has 0 aliphatic heterocycles. The Balaban J connectivity index is 0.000000913. The summed E-state index contributed by atoms with van der Waals surface area (Å²) in [5, 5.41) is 4.22. The van der Waals surface area contributed by atoms with Crippen LogP contribution >= 0.6 is 15.9 Å². The summed E-state index contributed by atoms with van der Waals surface area (Å²) >= 11 is 3.54. The zero-order chi connectivity index (χ0) is 23.3. The molecule has 0 radical (unpaired) electrons. The molecule has 1 fully saturated rings. The Hall–Kier alpha value is -2.28. The van der Waals surface area contributed by atoms with Gasteiger partial charge in [0.15, 0.2) is 5.82 Å². The number of hydrogen-bond acceptors (Lipinski definition) is 4. The minimum absolute atomic E-state index is 0.176. The first-order valence-electron chi connectivity index (χ1n) is 11.1. The molecule has 172 valence electrons. The molecule has 0 spiro atoms. The van der Waals surface area contributed by atoms with Gasteiger partial charge in [0.25, 0.3) is 0 Å². The van der Waals surface area contributed by atoms with E-state index in [4.69, 9.17) is 4.52 Å². The Labute approximate surface area is 197 Å². The highest BCUT2D eigenvalue weighted by molar-refractivity contribution is 9.10. The predicted molar refractivity (Wildman–Crippen MR) is 129 cm³/mol. The Kier molecular flexibility index (Phi) is 8.04. The number of carbonyl (C=O) groups excluding carboxylic acids is 1. The van der Waals surface area contributed by atoms with Gasteiger partial charge < -0.3 is 9.42 Å². The summed E-state index contributed by atoms with van der Waals surface area (Å²) in [6.07, 6.45) is 5.76. The highest BCUT2D eigenvalue weighted by Crippen LogP contribution is 2.57. The number of aromatic nitrogens is 2. The molecular formula is C25H31BrFN3O2. The molecular weight excluding hydrogens is 473 g/mol. The van der Waals surface area contributed by atoms with E-state index in [-0.39, 0.29) is 23.6 Å². The third kappa shape index (κ3) is 5.37. The van der Waals surface area contributed by atoms with Gasteiger partial charge in [-0.15, -0.1) is 0 Å². The van der Waals surface area contributed by atoms with Crippen molar-refractivity contribution in [1.82, 2.24) is 10.1 Å². The zero-order valence-corrected chi connectivity index (χ0v) is 20.6. The number of fused-ring (bicyclic) bond motifs is 2. The topological polar surface area (TPSA) is 59.2 Å². The third-order valence-electron chi connectivity index (χ3n) is 6.09. The number of allylic oxidation sites excluding steroid dienone is 2. The van der Waals surface area contributed by atoms with Crippen molar-refractivity contribution in [2.24, 2.45) is 5.41 Å². The maximum Gasteiger partial charge on any atom is 0.229 e. The van der Waals surface area contributed by atoms with Gasteiger partial charge in [0.1, 0.15) is 0 Å². The van der Waals surface area contributed by atoms with Gasteiger partial charge in [0.2, 0.25) is 11.8 Å². The fourth-order valence-electron chi connectivity index (χ4n) is 4.52. The number of nitrogens with zero attached hydrogens (tertiary/aromatic N) is 3. The second-order valence-electron chi connectivity index (χ2n) is 8.91. The summed E-state index contributed by atoms with van der Waals surface area (Å²) in [5.74, 6) is 1.93. The third-order valence-corrected chi connectivity index (χ3v) is 6.59. The Morgan fingerprint density at radius 2 is 2.12 bits per heavy atom. The molecule has 1 saturated carbocycles. The van der Waals surface area contributed by atoms with E-state index in [1.54, 1.807) is 0 Å². The average Bonchev–Trinajstić information content (AvgIpc) is 3.23. The van der Waals surface area contributed by atoms with Crippen molar-refractivity contribution >= 4 is 33.1 Å². The lowest BCUT2D eigenvalue weighted by molar-refractivity contribution is -0.119. The van der Waals surface area contributed by atoms with Crippen LogP contribution in [0.3, 0.4) is 0 Å². The van der Waals surface area contributed by atoms with E-state index in [9.17, 15) is 9.18 Å². The number of benzene rings is 1. The number of carbonyl (C=O) groups is 1.